The van der Waals surface area contributed by atoms with Crippen LogP contribution in [0.2, 0.25) is 5.02 Å². The van der Waals surface area contributed by atoms with Gasteiger partial charge in [-0.2, -0.15) is 13.2 Å². The summed E-state index contributed by atoms with van der Waals surface area (Å²) in [6.45, 7) is 0. The van der Waals surface area contributed by atoms with Crippen molar-refractivity contribution in [1.29, 1.82) is 0 Å². The molecule has 2 aromatic carbocycles. The molecule has 21 heavy (non-hydrogen) atoms. The predicted octanol–water partition coefficient (Wildman–Crippen LogP) is 4.37. The number of halogens is 4. The third-order valence-electron chi connectivity index (χ3n) is 2.96. The summed E-state index contributed by atoms with van der Waals surface area (Å²) in [6, 6.07) is 9.24. The smallest absolute Gasteiger partial charge is 0.398 e. The van der Waals surface area contributed by atoms with Crippen LogP contribution in [-0.2, 0) is 12.6 Å². The molecule has 0 unspecified atom stereocenters. The molecule has 2 N–H and O–H groups in total. The number of ketones is 1. The zero-order chi connectivity index (χ0) is 15.6. The van der Waals surface area contributed by atoms with Crippen LogP contribution in [-0.4, -0.2) is 5.78 Å². The lowest BCUT2D eigenvalue weighted by Gasteiger charge is -2.10. The fourth-order valence-corrected chi connectivity index (χ4v) is 1.98. The number of nitrogen functional groups attached to an aromatic ring is 1. The lowest BCUT2D eigenvalue weighted by atomic mass is 9.99. The lowest BCUT2D eigenvalue weighted by Crippen LogP contribution is -2.11. The molecule has 6 heteroatoms. The van der Waals surface area contributed by atoms with Crippen LogP contribution in [0.25, 0.3) is 0 Å². The second kappa shape index (κ2) is 5.77. The van der Waals surface area contributed by atoms with Crippen molar-refractivity contribution < 1.29 is 18.0 Å². The third-order valence-corrected chi connectivity index (χ3v) is 3.21. The van der Waals surface area contributed by atoms with Crippen LogP contribution in [0, 0.1) is 0 Å². The van der Waals surface area contributed by atoms with Gasteiger partial charge in [0.05, 0.1) is 5.56 Å². The molecule has 0 saturated heterocycles. The monoisotopic (exact) mass is 313 g/mol. The van der Waals surface area contributed by atoms with Crippen LogP contribution in [0.3, 0.4) is 0 Å². The van der Waals surface area contributed by atoms with Gasteiger partial charge in [-0.25, -0.2) is 0 Å². The second-order valence-corrected chi connectivity index (χ2v) is 4.96. The van der Waals surface area contributed by atoms with Gasteiger partial charge < -0.3 is 5.73 Å². The van der Waals surface area contributed by atoms with E-state index < -0.39 is 17.5 Å². The normalized spacial score (nSPS) is 11.4. The number of hydrogen-bond acceptors (Lipinski definition) is 2. The molecule has 2 rings (SSSR count). The van der Waals surface area contributed by atoms with Crippen LogP contribution < -0.4 is 5.73 Å². The van der Waals surface area contributed by atoms with Crippen LogP contribution in [0.5, 0.6) is 0 Å². The standard InChI is InChI=1S/C15H11ClF3NO/c16-11-4-1-9(2-5-11)7-14(21)12-8-10(15(17,18)19)3-6-13(12)20/h1-6,8H,7,20H2. The van der Waals surface area contributed by atoms with Gasteiger partial charge in [0, 0.05) is 22.7 Å². The number of carbonyl (C=O) groups is 1. The molecular formula is C15H11ClF3NO. The molecule has 0 spiro atoms. The van der Waals surface area contributed by atoms with Crippen LogP contribution in [0.4, 0.5) is 18.9 Å². The Hall–Kier alpha value is -2.01. The van der Waals surface area contributed by atoms with Gasteiger partial charge in [-0.05, 0) is 35.9 Å². The number of carbonyl (C=O) groups excluding carboxylic acids is 1. The maximum Gasteiger partial charge on any atom is 0.416 e. The first-order valence-corrected chi connectivity index (χ1v) is 6.39. The number of nitrogens with two attached hydrogens (primary N) is 1. The second-order valence-electron chi connectivity index (χ2n) is 4.53. The summed E-state index contributed by atoms with van der Waals surface area (Å²) in [7, 11) is 0. The molecular weight excluding hydrogens is 303 g/mol. The minimum Gasteiger partial charge on any atom is -0.398 e. The number of hydrogen-bond donors (Lipinski definition) is 1. The van der Waals surface area contributed by atoms with Crippen molar-refractivity contribution in [3.63, 3.8) is 0 Å². The average Bonchev–Trinajstić information content (AvgIpc) is 2.40. The molecule has 2 nitrogen and oxygen atoms in total. The zero-order valence-electron chi connectivity index (χ0n) is 10.7. The van der Waals surface area contributed by atoms with E-state index in [1.54, 1.807) is 24.3 Å². The minimum absolute atomic E-state index is 0.0296. The van der Waals surface area contributed by atoms with E-state index in [0.717, 1.165) is 18.2 Å². The summed E-state index contributed by atoms with van der Waals surface area (Å²) >= 11 is 5.73. The van der Waals surface area contributed by atoms with Gasteiger partial charge in [0.2, 0.25) is 0 Å². The van der Waals surface area contributed by atoms with Crippen molar-refractivity contribution in [3.05, 3.63) is 64.2 Å². The van der Waals surface area contributed by atoms with E-state index in [1.165, 1.54) is 0 Å². The lowest BCUT2D eigenvalue weighted by molar-refractivity contribution is -0.137. The Morgan fingerprint density at radius 1 is 1.10 bits per heavy atom. The maximum absolute atomic E-state index is 12.7. The Morgan fingerprint density at radius 3 is 2.29 bits per heavy atom. The molecule has 0 aliphatic rings. The molecule has 0 radical (unpaired) electrons. The SMILES string of the molecule is Nc1ccc(C(F)(F)F)cc1C(=O)Cc1ccc(Cl)cc1. The number of anilines is 1. The van der Waals surface area contributed by atoms with E-state index >= 15 is 0 Å². The summed E-state index contributed by atoms with van der Waals surface area (Å²) in [4.78, 5) is 12.1. The van der Waals surface area contributed by atoms with Gasteiger partial charge >= 0.3 is 6.18 Å². The highest BCUT2D eigenvalue weighted by Crippen LogP contribution is 2.31. The molecule has 0 aromatic heterocycles. The van der Waals surface area contributed by atoms with Gasteiger partial charge in [0.25, 0.3) is 0 Å². The Labute approximate surface area is 124 Å². The van der Waals surface area contributed by atoms with Gasteiger partial charge in [-0.15, -0.1) is 0 Å². The number of rotatable bonds is 3. The highest BCUT2D eigenvalue weighted by atomic mass is 35.5. The number of benzene rings is 2. The fraction of sp³-hybridized carbons (Fsp3) is 0.133. The van der Waals surface area contributed by atoms with E-state index in [2.05, 4.69) is 0 Å². The molecule has 110 valence electrons. The first kappa shape index (κ1) is 15.4. The summed E-state index contributed by atoms with van der Waals surface area (Å²) in [5, 5.41) is 0.518. The topological polar surface area (TPSA) is 43.1 Å². The molecule has 0 fully saturated rings. The highest BCUT2D eigenvalue weighted by Gasteiger charge is 2.31. The van der Waals surface area contributed by atoms with Crippen molar-refractivity contribution in [2.75, 3.05) is 5.73 Å². The molecule has 0 aliphatic carbocycles. The van der Waals surface area contributed by atoms with Crippen molar-refractivity contribution in [3.8, 4) is 0 Å². The van der Waals surface area contributed by atoms with E-state index in [4.69, 9.17) is 17.3 Å². The fourth-order valence-electron chi connectivity index (χ4n) is 1.86. The van der Waals surface area contributed by atoms with Crippen LogP contribution in [0.15, 0.2) is 42.5 Å². The van der Waals surface area contributed by atoms with Gasteiger partial charge in [-0.3, -0.25) is 4.79 Å². The van der Waals surface area contributed by atoms with Gasteiger partial charge in [0.15, 0.2) is 5.78 Å². The Morgan fingerprint density at radius 2 is 1.71 bits per heavy atom. The van der Waals surface area contributed by atoms with Crippen molar-refractivity contribution >= 4 is 23.1 Å². The molecule has 0 saturated carbocycles. The number of Topliss-reactive ketones (excluding diaryl/α,β-unsaturated/α-hetero) is 1. The largest absolute Gasteiger partial charge is 0.416 e. The van der Waals surface area contributed by atoms with Crippen LogP contribution >= 0.6 is 11.6 Å². The predicted molar refractivity (Wildman–Crippen MR) is 75.3 cm³/mol. The summed E-state index contributed by atoms with van der Waals surface area (Å²) < 4.78 is 38.0. The molecule has 0 amide bonds. The van der Waals surface area contributed by atoms with Crippen molar-refractivity contribution in [1.82, 2.24) is 0 Å². The molecule has 0 atom stereocenters. The van der Waals surface area contributed by atoms with Gasteiger partial charge in [0.1, 0.15) is 0 Å². The molecule has 2 aromatic rings. The molecule has 0 bridgehead atoms. The van der Waals surface area contributed by atoms with E-state index in [-0.39, 0.29) is 17.7 Å². The zero-order valence-corrected chi connectivity index (χ0v) is 11.5. The van der Waals surface area contributed by atoms with E-state index in [1.807, 2.05) is 0 Å². The Kier molecular flexibility index (Phi) is 4.23. The van der Waals surface area contributed by atoms with Crippen molar-refractivity contribution in [2.24, 2.45) is 0 Å². The summed E-state index contributed by atoms with van der Waals surface area (Å²) in [6.07, 6.45) is -4.55. The average molecular weight is 314 g/mol. The summed E-state index contributed by atoms with van der Waals surface area (Å²) in [5.74, 6) is -0.471. The first-order chi connectivity index (χ1) is 9.77. The van der Waals surface area contributed by atoms with Gasteiger partial charge in [-0.1, -0.05) is 23.7 Å². The Bertz CT molecular complexity index is 666. The number of alkyl halides is 3. The molecule has 0 heterocycles. The van der Waals surface area contributed by atoms with E-state index in [0.29, 0.717) is 10.6 Å². The van der Waals surface area contributed by atoms with E-state index in [9.17, 15) is 18.0 Å². The Balaban J connectivity index is 2.28. The third kappa shape index (κ3) is 3.76. The highest BCUT2D eigenvalue weighted by molar-refractivity contribution is 6.30. The first-order valence-electron chi connectivity index (χ1n) is 6.02. The molecule has 0 aliphatic heterocycles. The van der Waals surface area contributed by atoms with Crippen LogP contribution in [0.1, 0.15) is 21.5 Å². The van der Waals surface area contributed by atoms with Crippen molar-refractivity contribution in [2.45, 2.75) is 12.6 Å². The quantitative estimate of drug-likeness (QED) is 0.675. The summed E-state index contributed by atoms with van der Waals surface area (Å²) in [5.41, 5.74) is 5.27. The maximum atomic E-state index is 12.7. The minimum atomic E-state index is -4.51.